The maximum atomic E-state index is 12.4. The van der Waals surface area contributed by atoms with E-state index in [2.05, 4.69) is 0 Å². The van der Waals surface area contributed by atoms with E-state index < -0.39 is 11.9 Å². The fraction of sp³-hybridized carbons (Fsp3) is 0.182. The van der Waals surface area contributed by atoms with Crippen molar-refractivity contribution in [1.82, 2.24) is 0 Å². The van der Waals surface area contributed by atoms with Gasteiger partial charge in [0.1, 0.15) is 17.2 Å². The minimum Gasteiger partial charge on any atom is -0.488 e. The molecule has 150 valence electrons. The van der Waals surface area contributed by atoms with Crippen LogP contribution < -0.4 is 10.5 Å². The van der Waals surface area contributed by atoms with Crippen molar-refractivity contribution in [2.24, 2.45) is 5.73 Å². The number of carbonyl (C=O) groups is 2. The average Bonchev–Trinajstić information content (AvgIpc) is 3.21. The van der Waals surface area contributed by atoms with Crippen LogP contribution in [0.25, 0.3) is 11.1 Å². The number of esters is 2. The van der Waals surface area contributed by atoms with Crippen LogP contribution in [-0.4, -0.2) is 26.2 Å². The Labute approximate surface area is 172 Å². The maximum absolute atomic E-state index is 12.4. The Balaban J connectivity index is 2.11. The normalized spacial score (nSPS) is 10.4. The Morgan fingerprint density at radius 3 is 2.34 bits per heavy atom. The van der Waals surface area contributed by atoms with Crippen molar-refractivity contribution < 1.29 is 23.8 Å². The first-order valence-electron chi connectivity index (χ1n) is 8.88. The Bertz CT molecular complexity index is 1010. The topological polar surface area (TPSA) is 87.8 Å². The van der Waals surface area contributed by atoms with Crippen LogP contribution in [0.3, 0.4) is 0 Å². The third-order valence-corrected chi connectivity index (χ3v) is 5.46. The number of carbonyl (C=O) groups excluding carboxylic acids is 2. The SMILES string of the molecule is COC(=O)c1cc(-c2c(OCc3ccccc3)cccc2C(=O)OC)c(CN)s1. The van der Waals surface area contributed by atoms with Gasteiger partial charge >= 0.3 is 11.9 Å². The minimum absolute atomic E-state index is 0.199. The molecule has 2 aromatic carbocycles. The zero-order chi connectivity index (χ0) is 20.8. The van der Waals surface area contributed by atoms with Crippen LogP contribution in [0.2, 0.25) is 0 Å². The number of hydrogen-bond acceptors (Lipinski definition) is 7. The molecule has 0 saturated carbocycles. The van der Waals surface area contributed by atoms with Gasteiger partial charge in [0.15, 0.2) is 0 Å². The van der Waals surface area contributed by atoms with Crippen LogP contribution >= 0.6 is 11.3 Å². The van der Waals surface area contributed by atoms with Gasteiger partial charge in [-0.1, -0.05) is 36.4 Å². The summed E-state index contributed by atoms with van der Waals surface area (Å²) >= 11 is 1.23. The number of hydrogen-bond donors (Lipinski definition) is 1. The highest BCUT2D eigenvalue weighted by atomic mass is 32.1. The molecule has 0 atom stereocenters. The van der Waals surface area contributed by atoms with Crippen molar-refractivity contribution in [3.63, 3.8) is 0 Å². The predicted molar refractivity (Wildman–Crippen MR) is 111 cm³/mol. The highest BCUT2D eigenvalue weighted by molar-refractivity contribution is 7.14. The van der Waals surface area contributed by atoms with Crippen molar-refractivity contribution in [2.75, 3.05) is 14.2 Å². The first kappa shape index (κ1) is 20.6. The molecule has 0 aliphatic carbocycles. The van der Waals surface area contributed by atoms with E-state index in [1.807, 2.05) is 30.3 Å². The first-order valence-corrected chi connectivity index (χ1v) is 9.70. The molecule has 0 spiro atoms. The van der Waals surface area contributed by atoms with E-state index in [-0.39, 0.29) is 6.54 Å². The zero-order valence-corrected chi connectivity index (χ0v) is 17.0. The zero-order valence-electron chi connectivity index (χ0n) is 16.1. The predicted octanol–water partition coefficient (Wildman–Crippen LogP) is 4.03. The summed E-state index contributed by atoms with van der Waals surface area (Å²) in [5.74, 6) is -0.460. The second-order valence-corrected chi connectivity index (χ2v) is 7.22. The summed E-state index contributed by atoms with van der Waals surface area (Å²) in [5.41, 5.74) is 8.44. The van der Waals surface area contributed by atoms with Gasteiger partial charge in [-0.2, -0.15) is 0 Å². The summed E-state index contributed by atoms with van der Waals surface area (Å²) in [6.07, 6.45) is 0. The van der Waals surface area contributed by atoms with E-state index in [0.717, 1.165) is 10.4 Å². The van der Waals surface area contributed by atoms with Gasteiger partial charge in [-0.25, -0.2) is 9.59 Å². The number of ether oxygens (including phenoxy) is 3. The minimum atomic E-state index is -0.501. The average molecular weight is 411 g/mol. The van der Waals surface area contributed by atoms with Gasteiger partial charge in [0.2, 0.25) is 0 Å². The Kier molecular flexibility index (Phi) is 6.64. The molecule has 0 radical (unpaired) electrons. The second-order valence-electron chi connectivity index (χ2n) is 6.09. The third-order valence-electron chi connectivity index (χ3n) is 4.32. The van der Waals surface area contributed by atoms with Crippen molar-refractivity contribution in [3.8, 4) is 16.9 Å². The Morgan fingerprint density at radius 2 is 1.69 bits per heavy atom. The number of rotatable bonds is 7. The van der Waals surface area contributed by atoms with Gasteiger partial charge in [0.05, 0.1) is 19.8 Å². The molecule has 3 aromatic rings. The Hall–Kier alpha value is -3.16. The Morgan fingerprint density at radius 1 is 0.966 bits per heavy atom. The molecular formula is C22H21NO5S. The van der Waals surface area contributed by atoms with E-state index in [1.165, 1.54) is 25.6 Å². The van der Waals surface area contributed by atoms with Gasteiger partial charge in [0.25, 0.3) is 0 Å². The lowest BCUT2D eigenvalue weighted by molar-refractivity contribution is 0.0595. The summed E-state index contributed by atoms with van der Waals surface area (Å²) in [4.78, 5) is 25.6. The highest BCUT2D eigenvalue weighted by Crippen LogP contribution is 2.40. The highest BCUT2D eigenvalue weighted by Gasteiger charge is 2.24. The van der Waals surface area contributed by atoms with Crippen LogP contribution in [0.15, 0.2) is 54.6 Å². The smallest absolute Gasteiger partial charge is 0.348 e. The lowest BCUT2D eigenvalue weighted by Gasteiger charge is -2.15. The van der Waals surface area contributed by atoms with Crippen LogP contribution in [0.5, 0.6) is 5.75 Å². The molecule has 3 rings (SSSR count). The summed E-state index contributed by atoms with van der Waals surface area (Å²) in [6.45, 7) is 0.523. The van der Waals surface area contributed by atoms with E-state index >= 15 is 0 Å². The van der Waals surface area contributed by atoms with E-state index in [1.54, 1.807) is 24.3 Å². The molecule has 0 bridgehead atoms. The molecule has 0 unspecified atom stereocenters. The summed E-state index contributed by atoms with van der Waals surface area (Å²) in [5, 5.41) is 0. The monoisotopic (exact) mass is 411 g/mol. The van der Waals surface area contributed by atoms with Crippen LogP contribution in [-0.2, 0) is 22.6 Å². The van der Waals surface area contributed by atoms with E-state index in [4.69, 9.17) is 19.9 Å². The second kappa shape index (κ2) is 9.36. The van der Waals surface area contributed by atoms with Crippen LogP contribution in [0.4, 0.5) is 0 Å². The molecule has 0 fully saturated rings. The molecule has 29 heavy (non-hydrogen) atoms. The molecule has 0 amide bonds. The van der Waals surface area contributed by atoms with Crippen LogP contribution in [0.1, 0.15) is 30.5 Å². The van der Waals surface area contributed by atoms with Crippen molar-refractivity contribution in [2.45, 2.75) is 13.2 Å². The maximum Gasteiger partial charge on any atom is 0.348 e. The molecule has 0 aliphatic heterocycles. The van der Waals surface area contributed by atoms with E-state index in [9.17, 15) is 9.59 Å². The standard InChI is InChI=1S/C22H21NO5S/c1-26-21(24)15-9-6-10-17(28-13-14-7-4-3-5-8-14)20(15)16-11-18(22(25)27-2)29-19(16)12-23/h3-11H,12-13,23H2,1-2H3. The number of benzene rings is 2. The van der Waals surface area contributed by atoms with Crippen molar-refractivity contribution in [3.05, 3.63) is 75.5 Å². The molecule has 2 N–H and O–H groups in total. The number of methoxy groups -OCH3 is 2. The largest absolute Gasteiger partial charge is 0.488 e. The summed E-state index contributed by atoms with van der Waals surface area (Å²) < 4.78 is 15.8. The van der Waals surface area contributed by atoms with Crippen molar-refractivity contribution in [1.29, 1.82) is 0 Å². The summed E-state index contributed by atoms with van der Waals surface area (Å²) in [7, 11) is 2.64. The first-order chi connectivity index (χ1) is 14.1. The molecule has 6 nitrogen and oxygen atoms in total. The number of nitrogens with two attached hydrogens (primary N) is 1. The van der Waals surface area contributed by atoms with Gasteiger partial charge in [-0.15, -0.1) is 11.3 Å². The molecule has 1 heterocycles. The van der Waals surface area contributed by atoms with E-state index in [0.29, 0.717) is 33.9 Å². The molecule has 1 aromatic heterocycles. The molecule has 7 heteroatoms. The van der Waals surface area contributed by atoms with Gasteiger partial charge in [-0.3, -0.25) is 0 Å². The lowest BCUT2D eigenvalue weighted by atomic mass is 9.98. The number of thiophene rings is 1. The molecule has 0 aliphatic rings. The molecular weight excluding hydrogens is 390 g/mol. The summed E-state index contributed by atoms with van der Waals surface area (Å²) in [6, 6.07) is 16.5. The fourth-order valence-electron chi connectivity index (χ4n) is 2.94. The quantitative estimate of drug-likeness (QED) is 0.591. The van der Waals surface area contributed by atoms with Gasteiger partial charge in [0, 0.05) is 22.5 Å². The van der Waals surface area contributed by atoms with Crippen molar-refractivity contribution >= 4 is 23.3 Å². The van der Waals surface area contributed by atoms with Gasteiger partial charge in [-0.05, 0) is 23.8 Å². The van der Waals surface area contributed by atoms with Crippen LogP contribution in [0, 0.1) is 0 Å². The lowest BCUT2D eigenvalue weighted by Crippen LogP contribution is -2.07. The third kappa shape index (κ3) is 4.47. The fourth-order valence-corrected chi connectivity index (χ4v) is 3.90. The molecule has 0 saturated heterocycles. The van der Waals surface area contributed by atoms with Gasteiger partial charge < -0.3 is 19.9 Å².